The average molecular weight is 507 g/mol. The van der Waals surface area contributed by atoms with E-state index in [9.17, 15) is 4.79 Å². The van der Waals surface area contributed by atoms with Crippen molar-refractivity contribution in [1.82, 2.24) is 15.2 Å². The van der Waals surface area contributed by atoms with Gasteiger partial charge in [-0.2, -0.15) is 0 Å². The Morgan fingerprint density at radius 2 is 1.92 bits per heavy atom. The molecule has 1 saturated heterocycles. The van der Waals surface area contributed by atoms with Crippen LogP contribution in [-0.2, 0) is 12.1 Å². The van der Waals surface area contributed by atoms with Crippen molar-refractivity contribution in [3.05, 3.63) is 101 Å². The molecule has 1 aromatic heterocycles. The second kappa shape index (κ2) is 10.1. The highest BCUT2D eigenvalue weighted by Crippen LogP contribution is 2.49. The van der Waals surface area contributed by atoms with Crippen LogP contribution in [0.2, 0.25) is 0 Å². The van der Waals surface area contributed by atoms with Gasteiger partial charge in [-0.3, -0.25) is 14.7 Å². The number of hydrogen-bond donors (Lipinski definition) is 2. The fourth-order valence-corrected chi connectivity index (χ4v) is 5.26. The number of rotatable bonds is 9. The third-order valence-electron chi connectivity index (χ3n) is 8.01. The van der Waals surface area contributed by atoms with E-state index in [0.717, 1.165) is 65.8 Å². The van der Waals surface area contributed by atoms with Crippen LogP contribution in [0.1, 0.15) is 46.3 Å². The van der Waals surface area contributed by atoms with Crippen molar-refractivity contribution >= 4 is 22.5 Å². The quantitative estimate of drug-likeness (QED) is 0.307. The van der Waals surface area contributed by atoms with E-state index in [1.54, 1.807) is 0 Å². The van der Waals surface area contributed by atoms with Gasteiger partial charge in [0.25, 0.3) is 5.91 Å². The fraction of sp³-hybridized carbons (Fsp3) is 0.312. The number of hydrogen-bond acceptors (Lipinski definition) is 5. The number of likely N-dealkylation sites (N-methyl/N-ethyl adjacent to an activating group) is 1. The molecule has 0 bridgehead atoms. The molecule has 2 N–H and O–H groups in total. The molecule has 6 rings (SSSR count). The second-order valence-electron chi connectivity index (χ2n) is 10.7. The summed E-state index contributed by atoms with van der Waals surface area (Å²) in [5.41, 5.74) is 5.46. The van der Waals surface area contributed by atoms with Crippen LogP contribution >= 0.6 is 0 Å². The predicted octanol–water partition coefficient (Wildman–Crippen LogP) is 5.66. The van der Waals surface area contributed by atoms with Crippen LogP contribution in [0.5, 0.6) is 5.75 Å². The first kappa shape index (κ1) is 24.4. The molecule has 1 saturated carbocycles. The van der Waals surface area contributed by atoms with Crippen molar-refractivity contribution in [1.29, 1.82) is 0 Å². The molecule has 2 fully saturated rings. The van der Waals surface area contributed by atoms with Crippen molar-refractivity contribution < 1.29 is 9.53 Å². The third kappa shape index (κ3) is 4.96. The highest BCUT2D eigenvalue weighted by atomic mass is 16.5. The summed E-state index contributed by atoms with van der Waals surface area (Å²) in [6.07, 6.45) is 4.77. The molecule has 1 aliphatic carbocycles. The summed E-state index contributed by atoms with van der Waals surface area (Å²) in [4.78, 5) is 20.6. The number of benzene rings is 3. The van der Waals surface area contributed by atoms with Crippen LogP contribution in [-0.4, -0.2) is 42.0 Å². The minimum absolute atomic E-state index is 0.0640. The number of fused-ring (bicyclic) bond motifs is 1. The SMILES string of the molecule is Cc1ccc(OC[C@@H]2CCN2C)cc1C(=O)NC1(c2cc(NCc3ccccc3)cc3ncccc23)CC1. The van der Waals surface area contributed by atoms with Gasteiger partial charge >= 0.3 is 0 Å². The summed E-state index contributed by atoms with van der Waals surface area (Å²) in [5, 5.41) is 8.03. The zero-order valence-corrected chi connectivity index (χ0v) is 22.0. The number of likely N-dealkylation sites (tertiary alicyclic amines) is 1. The molecule has 1 aliphatic heterocycles. The minimum atomic E-state index is -0.402. The Bertz CT molecular complexity index is 1470. The van der Waals surface area contributed by atoms with Gasteiger partial charge in [0.05, 0.1) is 11.1 Å². The molecule has 1 atom stereocenters. The molecule has 4 aromatic rings. The lowest BCUT2D eigenvalue weighted by atomic mass is 9.97. The average Bonchev–Trinajstić information content (AvgIpc) is 3.72. The number of nitrogens with zero attached hydrogens (tertiary/aromatic N) is 2. The first-order valence-corrected chi connectivity index (χ1v) is 13.4. The second-order valence-corrected chi connectivity index (χ2v) is 10.7. The summed E-state index contributed by atoms with van der Waals surface area (Å²) >= 11 is 0. The highest BCUT2D eigenvalue weighted by Gasteiger charge is 2.47. The van der Waals surface area contributed by atoms with Crippen molar-refractivity contribution in [2.45, 2.75) is 44.3 Å². The zero-order chi connectivity index (χ0) is 26.1. The van der Waals surface area contributed by atoms with E-state index in [-0.39, 0.29) is 5.91 Å². The minimum Gasteiger partial charge on any atom is -0.492 e. The molecule has 3 aromatic carbocycles. The van der Waals surface area contributed by atoms with Gasteiger partial charge in [0.2, 0.25) is 0 Å². The molecule has 1 amide bonds. The molecule has 2 aliphatic rings. The van der Waals surface area contributed by atoms with Crippen LogP contribution in [0.4, 0.5) is 5.69 Å². The molecule has 0 unspecified atom stereocenters. The maximum Gasteiger partial charge on any atom is 0.252 e. The number of pyridine rings is 1. The standard InChI is InChI=1S/C32H34N4O2/c1-22-10-11-26(38-21-25-12-16-36(25)2)19-28(22)31(37)35-32(13-14-32)29-17-24(18-30-27(29)9-6-15-33-30)34-20-23-7-4-3-5-8-23/h3-11,15,17-19,25,34H,12-14,16,20-21H2,1-2H3,(H,35,37)/t25-/m0/s1. The largest absolute Gasteiger partial charge is 0.492 e. The van der Waals surface area contributed by atoms with Crippen LogP contribution < -0.4 is 15.4 Å². The van der Waals surface area contributed by atoms with E-state index in [1.165, 1.54) is 5.56 Å². The number of amides is 1. The van der Waals surface area contributed by atoms with Crippen LogP contribution in [0.3, 0.4) is 0 Å². The maximum atomic E-state index is 13.6. The molecular formula is C32H34N4O2. The summed E-state index contributed by atoms with van der Waals surface area (Å²) in [6.45, 7) is 4.46. The highest BCUT2D eigenvalue weighted by molar-refractivity contribution is 5.97. The van der Waals surface area contributed by atoms with Crippen LogP contribution in [0, 0.1) is 6.92 Å². The van der Waals surface area contributed by atoms with Gasteiger partial charge in [0.15, 0.2) is 0 Å². The molecule has 38 heavy (non-hydrogen) atoms. The fourth-order valence-electron chi connectivity index (χ4n) is 5.26. The van der Waals surface area contributed by atoms with Gasteiger partial charge < -0.3 is 15.4 Å². The van der Waals surface area contributed by atoms with E-state index in [0.29, 0.717) is 18.2 Å². The van der Waals surface area contributed by atoms with E-state index < -0.39 is 5.54 Å². The number of carbonyl (C=O) groups is 1. The van der Waals surface area contributed by atoms with Gasteiger partial charge in [0, 0.05) is 35.4 Å². The van der Waals surface area contributed by atoms with Crippen molar-refractivity contribution in [2.75, 3.05) is 25.5 Å². The van der Waals surface area contributed by atoms with Crippen molar-refractivity contribution in [2.24, 2.45) is 0 Å². The Hall–Kier alpha value is -3.90. The normalized spacial score (nSPS) is 18.0. The number of aromatic nitrogens is 1. The predicted molar refractivity (Wildman–Crippen MR) is 152 cm³/mol. The molecule has 0 radical (unpaired) electrons. The van der Waals surface area contributed by atoms with E-state index in [2.05, 4.69) is 57.9 Å². The Kier molecular flexibility index (Phi) is 6.50. The summed E-state index contributed by atoms with van der Waals surface area (Å²) in [6, 6.07) is 24.9. The molecule has 6 nitrogen and oxygen atoms in total. The van der Waals surface area contributed by atoms with Crippen molar-refractivity contribution in [3.8, 4) is 5.75 Å². The van der Waals surface area contributed by atoms with Gasteiger partial charge in [-0.25, -0.2) is 0 Å². The third-order valence-corrected chi connectivity index (χ3v) is 8.01. The molecule has 2 heterocycles. The smallest absolute Gasteiger partial charge is 0.252 e. The lowest BCUT2D eigenvalue weighted by Crippen LogP contribution is -2.48. The molecule has 0 spiro atoms. The number of aryl methyl sites for hydroxylation is 1. The lowest BCUT2D eigenvalue weighted by molar-refractivity contribution is 0.0767. The Labute approximate surface area is 224 Å². The Balaban J connectivity index is 1.24. The Morgan fingerprint density at radius 1 is 1.08 bits per heavy atom. The first-order chi connectivity index (χ1) is 18.5. The van der Waals surface area contributed by atoms with Gasteiger partial charge in [-0.1, -0.05) is 42.5 Å². The van der Waals surface area contributed by atoms with E-state index in [4.69, 9.17) is 4.74 Å². The van der Waals surface area contributed by atoms with Crippen LogP contribution in [0.15, 0.2) is 79.0 Å². The zero-order valence-electron chi connectivity index (χ0n) is 22.0. The van der Waals surface area contributed by atoms with Gasteiger partial charge in [-0.15, -0.1) is 0 Å². The first-order valence-electron chi connectivity index (χ1n) is 13.4. The summed E-state index contributed by atoms with van der Waals surface area (Å²) in [7, 11) is 2.12. The van der Waals surface area contributed by atoms with Gasteiger partial charge in [0.1, 0.15) is 12.4 Å². The lowest BCUT2D eigenvalue weighted by Gasteiger charge is -2.37. The topological polar surface area (TPSA) is 66.5 Å². The molecule has 194 valence electrons. The maximum absolute atomic E-state index is 13.6. The molecule has 6 heteroatoms. The number of carbonyl (C=O) groups excluding carboxylic acids is 1. The number of anilines is 1. The van der Waals surface area contributed by atoms with Gasteiger partial charge in [-0.05, 0) is 86.8 Å². The van der Waals surface area contributed by atoms with Crippen molar-refractivity contribution in [3.63, 3.8) is 0 Å². The van der Waals surface area contributed by atoms with E-state index in [1.807, 2.05) is 55.6 Å². The Morgan fingerprint density at radius 3 is 2.66 bits per heavy atom. The van der Waals surface area contributed by atoms with E-state index >= 15 is 0 Å². The monoisotopic (exact) mass is 506 g/mol. The number of nitrogens with one attached hydrogen (secondary N) is 2. The van der Waals surface area contributed by atoms with Crippen LogP contribution in [0.25, 0.3) is 10.9 Å². The summed E-state index contributed by atoms with van der Waals surface area (Å²) in [5.74, 6) is 0.679. The molecular weight excluding hydrogens is 472 g/mol. The summed E-state index contributed by atoms with van der Waals surface area (Å²) < 4.78 is 6.06. The number of ether oxygens (including phenoxy) is 1.